The van der Waals surface area contributed by atoms with E-state index < -0.39 is 22.0 Å². The standard InChI is InChI=1S/C17H19ClN4O5S/c1-4-5-22-8-11(18)15(20-22)17(24)21-28(25,26)14-7-13-12(6-9(14)2)19-16(23)10(3)27-13/h6-8,10H,4-5H2,1-3H3,(H,19,23)(H,21,24). The minimum atomic E-state index is -4.22. The van der Waals surface area contributed by atoms with Crippen molar-refractivity contribution in [2.75, 3.05) is 5.32 Å². The Morgan fingerprint density at radius 3 is 2.82 bits per heavy atom. The third-order valence-corrected chi connectivity index (χ3v) is 5.86. The molecule has 1 aromatic carbocycles. The predicted octanol–water partition coefficient (Wildman–Crippen LogP) is 2.09. The van der Waals surface area contributed by atoms with Gasteiger partial charge in [-0.3, -0.25) is 14.3 Å². The average molecular weight is 427 g/mol. The van der Waals surface area contributed by atoms with Crippen LogP contribution in [0.4, 0.5) is 5.69 Å². The first kappa shape index (κ1) is 20.2. The first-order valence-electron chi connectivity index (χ1n) is 8.54. The summed E-state index contributed by atoms with van der Waals surface area (Å²) in [6.45, 7) is 5.57. The fourth-order valence-electron chi connectivity index (χ4n) is 2.75. The van der Waals surface area contributed by atoms with E-state index in [1.165, 1.54) is 23.0 Å². The number of fused-ring (bicyclic) bond motifs is 1. The van der Waals surface area contributed by atoms with Crippen LogP contribution < -0.4 is 14.8 Å². The van der Waals surface area contributed by atoms with Gasteiger partial charge in [-0.1, -0.05) is 18.5 Å². The molecule has 1 atom stereocenters. The smallest absolute Gasteiger partial charge is 0.287 e. The highest BCUT2D eigenvalue weighted by molar-refractivity contribution is 7.90. The Morgan fingerprint density at radius 1 is 1.43 bits per heavy atom. The van der Waals surface area contributed by atoms with Crippen molar-refractivity contribution < 1.29 is 22.7 Å². The monoisotopic (exact) mass is 426 g/mol. The Bertz CT molecular complexity index is 1060. The number of aryl methyl sites for hydroxylation is 2. The number of benzene rings is 1. The van der Waals surface area contributed by atoms with Crippen molar-refractivity contribution in [3.63, 3.8) is 0 Å². The maximum Gasteiger partial charge on any atom is 0.287 e. The molecule has 2 amide bonds. The molecule has 0 aliphatic carbocycles. The highest BCUT2D eigenvalue weighted by atomic mass is 35.5. The average Bonchev–Trinajstić information content (AvgIpc) is 2.96. The summed E-state index contributed by atoms with van der Waals surface area (Å²) in [5.41, 5.74) is 0.527. The zero-order valence-electron chi connectivity index (χ0n) is 15.4. The number of rotatable bonds is 5. The SMILES string of the molecule is CCCn1cc(Cl)c(C(=O)NS(=O)(=O)c2cc3c(cc2C)NC(=O)C(C)O3)n1. The molecule has 0 spiro atoms. The number of aromatic nitrogens is 2. The van der Waals surface area contributed by atoms with Crippen molar-refractivity contribution in [3.05, 3.63) is 34.6 Å². The molecule has 11 heteroatoms. The summed E-state index contributed by atoms with van der Waals surface area (Å²) in [5, 5.41) is 6.72. The van der Waals surface area contributed by atoms with Gasteiger partial charge in [-0.25, -0.2) is 13.1 Å². The van der Waals surface area contributed by atoms with Crippen LogP contribution in [0.25, 0.3) is 0 Å². The number of anilines is 1. The Hall–Kier alpha value is -2.59. The molecule has 1 unspecified atom stereocenters. The Kier molecular flexibility index (Phi) is 5.35. The van der Waals surface area contributed by atoms with Gasteiger partial charge < -0.3 is 10.1 Å². The molecular weight excluding hydrogens is 408 g/mol. The van der Waals surface area contributed by atoms with Crippen molar-refractivity contribution in [1.82, 2.24) is 14.5 Å². The third-order valence-electron chi connectivity index (χ3n) is 4.11. The molecule has 0 saturated heterocycles. The number of hydrogen-bond acceptors (Lipinski definition) is 6. The number of hydrogen-bond donors (Lipinski definition) is 2. The quantitative estimate of drug-likeness (QED) is 0.755. The lowest BCUT2D eigenvalue weighted by Crippen LogP contribution is -2.35. The largest absolute Gasteiger partial charge is 0.479 e. The van der Waals surface area contributed by atoms with E-state index in [1.807, 2.05) is 11.6 Å². The Morgan fingerprint density at radius 2 is 2.14 bits per heavy atom. The number of ether oxygens (including phenoxy) is 1. The number of carbonyl (C=O) groups excluding carboxylic acids is 2. The number of nitrogens with one attached hydrogen (secondary N) is 2. The van der Waals surface area contributed by atoms with Crippen molar-refractivity contribution in [3.8, 4) is 5.75 Å². The number of nitrogens with zero attached hydrogens (tertiary/aromatic N) is 2. The molecular formula is C17H19ClN4O5S. The molecule has 0 saturated carbocycles. The molecule has 9 nitrogen and oxygen atoms in total. The summed E-state index contributed by atoms with van der Waals surface area (Å²) in [7, 11) is -4.22. The van der Waals surface area contributed by atoms with E-state index in [0.717, 1.165) is 6.42 Å². The first-order valence-corrected chi connectivity index (χ1v) is 10.4. The molecule has 2 heterocycles. The zero-order chi connectivity index (χ0) is 20.6. The topological polar surface area (TPSA) is 119 Å². The molecule has 1 aromatic heterocycles. The second kappa shape index (κ2) is 7.44. The fraction of sp³-hybridized carbons (Fsp3) is 0.353. The lowest BCUT2D eigenvalue weighted by Gasteiger charge is -2.24. The van der Waals surface area contributed by atoms with Gasteiger partial charge in [0, 0.05) is 18.8 Å². The summed E-state index contributed by atoms with van der Waals surface area (Å²) in [6.07, 6.45) is 1.48. The fourth-order valence-corrected chi connectivity index (χ4v) is 4.18. The Balaban J connectivity index is 1.90. The lowest BCUT2D eigenvalue weighted by molar-refractivity contribution is -0.122. The molecule has 2 aromatic rings. The van der Waals surface area contributed by atoms with Gasteiger partial charge in [-0.05, 0) is 31.9 Å². The minimum absolute atomic E-state index is 0.0585. The van der Waals surface area contributed by atoms with Crippen LogP contribution in [0.5, 0.6) is 5.75 Å². The second-order valence-corrected chi connectivity index (χ2v) is 8.44. The molecule has 28 heavy (non-hydrogen) atoms. The molecule has 0 radical (unpaired) electrons. The highest BCUT2D eigenvalue weighted by Gasteiger charge is 2.29. The maximum atomic E-state index is 12.8. The van der Waals surface area contributed by atoms with E-state index in [2.05, 4.69) is 10.4 Å². The zero-order valence-corrected chi connectivity index (χ0v) is 17.0. The molecule has 1 aliphatic heterocycles. The summed E-state index contributed by atoms with van der Waals surface area (Å²) in [6, 6.07) is 2.74. The second-order valence-electron chi connectivity index (χ2n) is 6.39. The van der Waals surface area contributed by atoms with E-state index in [9.17, 15) is 18.0 Å². The predicted molar refractivity (Wildman–Crippen MR) is 102 cm³/mol. The van der Waals surface area contributed by atoms with Gasteiger partial charge in [0.2, 0.25) is 0 Å². The summed E-state index contributed by atoms with van der Waals surface area (Å²) >= 11 is 6.01. The van der Waals surface area contributed by atoms with Crippen LogP contribution in [0.2, 0.25) is 5.02 Å². The first-order chi connectivity index (χ1) is 13.1. The van der Waals surface area contributed by atoms with Gasteiger partial charge in [0.15, 0.2) is 11.8 Å². The summed E-state index contributed by atoms with van der Waals surface area (Å²) in [5.74, 6) is -1.05. The van der Waals surface area contributed by atoms with Crippen LogP contribution in [0.3, 0.4) is 0 Å². The van der Waals surface area contributed by atoms with Gasteiger partial charge in [-0.15, -0.1) is 0 Å². The summed E-state index contributed by atoms with van der Waals surface area (Å²) < 4.78 is 34.4. The maximum absolute atomic E-state index is 12.8. The molecule has 3 rings (SSSR count). The molecule has 1 aliphatic rings. The van der Waals surface area contributed by atoms with Gasteiger partial charge >= 0.3 is 0 Å². The van der Waals surface area contributed by atoms with Crippen LogP contribution in [0, 0.1) is 6.92 Å². The third kappa shape index (κ3) is 3.83. The van der Waals surface area contributed by atoms with Crippen molar-refractivity contribution >= 4 is 39.1 Å². The molecule has 2 N–H and O–H groups in total. The van der Waals surface area contributed by atoms with Gasteiger partial charge in [0.05, 0.1) is 15.6 Å². The van der Waals surface area contributed by atoms with E-state index in [0.29, 0.717) is 17.8 Å². The van der Waals surface area contributed by atoms with E-state index in [4.69, 9.17) is 16.3 Å². The normalized spacial score (nSPS) is 16.1. The number of carbonyl (C=O) groups is 2. The number of amides is 2. The molecule has 0 bridgehead atoms. The van der Waals surface area contributed by atoms with Crippen LogP contribution >= 0.6 is 11.6 Å². The van der Waals surface area contributed by atoms with Gasteiger partial charge in [0.1, 0.15) is 5.75 Å². The molecule has 150 valence electrons. The number of sulfonamides is 1. The van der Waals surface area contributed by atoms with Crippen molar-refractivity contribution in [1.29, 1.82) is 0 Å². The van der Waals surface area contributed by atoms with Crippen LogP contribution in [-0.4, -0.2) is 36.1 Å². The van der Waals surface area contributed by atoms with E-state index in [-0.39, 0.29) is 27.3 Å². The van der Waals surface area contributed by atoms with Crippen LogP contribution in [-0.2, 0) is 21.4 Å². The minimum Gasteiger partial charge on any atom is -0.479 e. The molecule has 0 fully saturated rings. The Labute approximate surface area is 167 Å². The number of halogens is 1. The van der Waals surface area contributed by atoms with Gasteiger partial charge in [0.25, 0.3) is 21.8 Å². The van der Waals surface area contributed by atoms with Crippen LogP contribution in [0.15, 0.2) is 23.2 Å². The van der Waals surface area contributed by atoms with E-state index in [1.54, 1.807) is 13.8 Å². The van der Waals surface area contributed by atoms with Crippen molar-refractivity contribution in [2.45, 2.75) is 44.7 Å². The lowest BCUT2D eigenvalue weighted by atomic mass is 10.1. The van der Waals surface area contributed by atoms with E-state index >= 15 is 0 Å². The van der Waals surface area contributed by atoms with Gasteiger partial charge in [-0.2, -0.15) is 5.10 Å². The van der Waals surface area contributed by atoms with Crippen molar-refractivity contribution in [2.24, 2.45) is 0 Å². The summed E-state index contributed by atoms with van der Waals surface area (Å²) in [4.78, 5) is 24.0. The van der Waals surface area contributed by atoms with Crippen LogP contribution in [0.1, 0.15) is 36.3 Å². The highest BCUT2D eigenvalue weighted by Crippen LogP contribution is 2.34.